The van der Waals surface area contributed by atoms with E-state index in [4.69, 9.17) is 24.3 Å². The van der Waals surface area contributed by atoms with Crippen LogP contribution in [0.15, 0.2) is 48.8 Å². The Kier molecular flexibility index (Phi) is 9.68. The minimum absolute atomic E-state index is 0.221. The molecule has 0 aliphatic carbocycles. The number of aliphatic hydroxyl groups is 2. The highest BCUT2D eigenvalue weighted by molar-refractivity contribution is 7.52. The van der Waals surface area contributed by atoms with Crippen molar-refractivity contribution in [3.8, 4) is 5.75 Å². The van der Waals surface area contributed by atoms with Gasteiger partial charge in [0.15, 0.2) is 5.52 Å². The van der Waals surface area contributed by atoms with E-state index in [-0.39, 0.29) is 18.3 Å². The number of anilines is 1. The monoisotopic (exact) mass is 592 g/mol. The zero-order valence-electron chi connectivity index (χ0n) is 23.6. The Hall–Kier alpha value is -3.06. The van der Waals surface area contributed by atoms with Crippen LogP contribution in [0.1, 0.15) is 46.2 Å². The largest absolute Gasteiger partial charge is 0.464 e. The number of benzene rings is 1. The van der Waals surface area contributed by atoms with Crippen molar-refractivity contribution >= 4 is 25.1 Å². The minimum Gasteiger partial charge on any atom is -0.464 e. The van der Waals surface area contributed by atoms with Gasteiger partial charge in [-0.2, -0.15) is 9.60 Å². The van der Waals surface area contributed by atoms with Crippen molar-refractivity contribution in [1.29, 1.82) is 0 Å². The van der Waals surface area contributed by atoms with E-state index in [0.717, 1.165) is 12.8 Å². The number of aliphatic hydroxyl groups excluding tert-OH is 2. The van der Waals surface area contributed by atoms with Crippen molar-refractivity contribution in [2.75, 3.05) is 18.9 Å². The number of para-hydroxylation sites is 1. The van der Waals surface area contributed by atoms with Gasteiger partial charge >= 0.3 is 13.7 Å². The van der Waals surface area contributed by atoms with Crippen LogP contribution in [0.4, 0.5) is 5.82 Å². The minimum atomic E-state index is -4.22. The average Bonchev–Trinajstić information content (AvgIpc) is 3.49. The van der Waals surface area contributed by atoms with Crippen LogP contribution < -0.4 is 20.3 Å². The van der Waals surface area contributed by atoms with Crippen LogP contribution >= 0.6 is 7.75 Å². The first-order valence-corrected chi connectivity index (χ1v) is 15.2. The Morgan fingerprint density at radius 1 is 1.24 bits per heavy atom. The maximum absolute atomic E-state index is 13.9. The Morgan fingerprint density at radius 3 is 2.63 bits per heavy atom. The highest BCUT2D eigenvalue weighted by atomic mass is 31.2. The molecule has 0 amide bonds. The number of hydrogen-bond acceptors (Lipinski definition) is 10. The molecule has 2 aromatic heterocycles. The summed E-state index contributed by atoms with van der Waals surface area (Å²) in [6.07, 6.45) is -0.791. The Labute approximate surface area is 238 Å². The van der Waals surface area contributed by atoms with Gasteiger partial charge < -0.3 is 29.9 Å². The molecule has 1 aliphatic heterocycles. The van der Waals surface area contributed by atoms with Gasteiger partial charge in [0, 0.05) is 0 Å². The number of aromatic amines is 1. The van der Waals surface area contributed by atoms with Gasteiger partial charge in [-0.15, -0.1) is 0 Å². The SMILES string of the molecule is CCC(CC)COC(=O)[C@H](C)N[P@@](=O)(OC[C@H]1O[C@@](C)(c2ccc3c(N)[nH+]cnn23)[C@H](O)[C@@H]1O)Oc1ccccc1. The quantitative estimate of drug-likeness (QED) is 0.169. The number of hydrogen-bond donors (Lipinski definition) is 4. The molecule has 1 fully saturated rings. The summed E-state index contributed by atoms with van der Waals surface area (Å²) >= 11 is 0. The second kappa shape index (κ2) is 12.8. The number of fused-ring (bicyclic) bond motifs is 1. The molecule has 1 aromatic carbocycles. The fraction of sp³-hybridized carbons (Fsp3) is 0.519. The van der Waals surface area contributed by atoms with Gasteiger partial charge in [-0.05, 0) is 49.1 Å². The molecule has 1 saturated heterocycles. The van der Waals surface area contributed by atoms with Crippen molar-refractivity contribution in [1.82, 2.24) is 14.7 Å². The molecule has 4 rings (SSSR count). The van der Waals surface area contributed by atoms with Gasteiger partial charge in [-0.25, -0.2) is 9.55 Å². The van der Waals surface area contributed by atoms with Crippen molar-refractivity contribution in [3.63, 3.8) is 0 Å². The van der Waals surface area contributed by atoms with Gasteiger partial charge in [0.25, 0.3) is 0 Å². The van der Waals surface area contributed by atoms with Gasteiger partial charge in [0.2, 0.25) is 12.1 Å². The summed E-state index contributed by atoms with van der Waals surface area (Å²) in [5.41, 5.74) is 5.58. The van der Waals surface area contributed by atoms with Crippen molar-refractivity contribution in [3.05, 3.63) is 54.5 Å². The number of nitrogens with zero attached hydrogens (tertiary/aromatic N) is 2. The van der Waals surface area contributed by atoms with Crippen LogP contribution in [0.2, 0.25) is 0 Å². The first-order chi connectivity index (χ1) is 19.5. The summed E-state index contributed by atoms with van der Waals surface area (Å²) in [7, 11) is -4.22. The third kappa shape index (κ3) is 6.72. The fourth-order valence-electron chi connectivity index (χ4n) is 4.71. The smallest absolute Gasteiger partial charge is 0.459 e. The third-order valence-electron chi connectivity index (χ3n) is 7.40. The van der Waals surface area contributed by atoms with Crippen LogP contribution in [0.25, 0.3) is 5.52 Å². The molecule has 3 aromatic rings. The van der Waals surface area contributed by atoms with Gasteiger partial charge in [0.05, 0.1) is 18.9 Å². The van der Waals surface area contributed by atoms with Gasteiger partial charge in [-0.1, -0.05) is 44.9 Å². The topological polar surface area (TPSA) is 181 Å². The predicted octanol–water partition coefficient (Wildman–Crippen LogP) is 2.23. The fourth-order valence-corrected chi connectivity index (χ4v) is 6.21. The molecule has 13 nitrogen and oxygen atoms in total. The summed E-state index contributed by atoms with van der Waals surface area (Å²) < 4.78 is 38.3. The lowest BCUT2D eigenvalue weighted by atomic mass is 9.93. The van der Waals surface area contributed by atoms with E-state index in [1.807, 2.05) is 13.8 Å². The zero-order chi connectivity index (χ0) is 29.8. The standard InChI is InChI=1S/C27H38N5O8P/c1-5-18(6-2)14-37-26(35)17(3)31-41(36,40-19-10-8-7-9-11-19)38-15-21-23(33)24(34)27(4,39-21)22-13-12-20-25(28)29-16-30-32(20)22/h7-13,16-18,21,23-24,33-34H,5-6,14-15H2,1-4H3,(H,31,36)(H2,28,29,30)/p+1/t17-,21+,23+,24+,27-,41+/m0/s1. The lowest BCUT2D eigenvalue weighted by Gasteiger charge is -2.27. The van der Waals surface area contributed by atoms with Crippen LogP contribution in [-0.4, -0.2) is 63.4 Å². The number of rotatable bonds is 13. The Bertz CT molecular complexity index is 1370. The molecule has 224 valence electrons. The average molecular weight is 593 g/mol. The molecule has 6 atom stereocenters. The number of aromatic nitrogens is 3. The van der Waals surface area contributed by atoms with Crippen LogP contribution in [0.5, 0.6) is 5.75 Å². The van der Waals surface area contributed by atoms with Gasteiger partial charge in [0.1, 0.15) is 35.7 Å². The van der Waals surface area contributed by atoms with Crippen LogP contribution in [-0.2, 0) is 29.0 Å². The number of nitrogens with two attached hydrogens (primary N) is 1. The van der Waals surface area contributed by atoms with E-state index in [1.54, 1.807) is 49.4 Å². The van der Waals surface area contributed by atoms with Crippen LogP contribution in [0, 0.1) is 5.92 Å². The molecule has 0 saturated carbocycles. The summed E-state index contributed by atoms with van der Waals surface area (Å²) in [5, 5.41) is 28.8. The molecule has 0 radical (unpaired) electrons. The van der Waals surface area contributed by atoms with Crippen molar-refractivity contribution in [2.24, 2.45) is 5.92 Å². The maximum Gasteiger partial charge on any atom is 0.459 e. The zero-order valence-corrected chi connectivity index (χ0v) is 24.5. The molecular weight excluding hydrogens is 553 g/mol. The molecule has 3 heterocycles. The number of ether oxygens (including phenoxy) is 2. The third-order valence-corrected chi connectivity index (χ3v) is 9.04. The van der Waals surface area contributed by atoms with E-state index < -0.39 is 50.3 Å². The number of esters is 1. The lowest BCUT2D eigenvalue weighted by Crippen LogP contribution is -2.40. The molecule has 6 N–H and O–H groups in total. The Balaban J connectivity index is 1.50. The molecule has 41 heavy (non-hydrogen) atoms. The van der Waals surface area contributed by atoms with Crippen molar-refractivity contribution in [2.45, 2.75) is 70.5 Å². The molecule has 0 bridgehead atoms. The highest BCUT2D eigenvalue weighted by Gasteiger charge is 2.54. The summed E-state index contributed by atoms with van der Waals surface area (Å²) in [6, 6.07) is 10.7. The number of carbonyl (C=O) groups is 1. The van der Waals surface area contributed by atoms with Crippen molar-refractivity contribution < 1.29 is 43.1 Å². The van der Waals surface area contributed by atoms with Crippen LogP contribution in [0.3, 0.4) is 0 Å². The molecule has 14 heteroatoms. The number of nitrogen functional groups attached to an aromatic ring is 1. The summed E-state index contributed by atoms with van der Waals surface area (Å²) in [5.74, 6) is 0.208. The normalized spacial score (nSPS) is 24.8. The summed E-state index contributed by atoms with van der Waals surface area (Å²) in [4.78, 5) is 15.5. The molecule has 0 unspecified atom stereocenters. The number of carbonyl (C=O) groups excluding carboxylic acids is 1. The molecule has 1 aliphatic rings. The van der Waals surface area contributed by atoms with E-state index in [9.17, 15) is 19.6 Å². The first-order valence-electron chi connectivity index (χ1n) is 13.6. The van der Waals surface area contributed by atoms with E-state index in [1.165, 1.54) is 17.8 Å². The van der Waals surface area contributed by atoms with E-state index in [2.05, 4.69) is 15.2 Å². The van der Waals surface area contributed by atoms with E-state index in [0.29, 0.717) is 17.0 Å². The first kappa shape index (κ1) is 30.9. The summed E-state index contributed by atoms with van der Waals surface area (Å²) in [6.45, 7) is 6.94. The highest BCUT2D eigenvalue weighted by Crippen LogP contribution is 2.47. The Morgan fingerprint density at radius 2 is 1.95 bits per heavy atom. The molecule has 0 spiro atoms. The number of H-pyrrole nitrogens is 1. The van der Waals surface area contributed by atoms with Gasteiger partial charge in [-0.3, -0.25) is 9.32 Å². The second-order valence-electron chi connectivity index (χ2n) is 10.3. The number of nitrogens with one attached hydrogen (secondary N) is 2. The predicted molar refractivity (Wildman–Crippen MR) is 149 cm³/mol. The lowest BCUT2D eigenvalue weighted by molar-refractivity contribution is -0.365. The second-order valence-corrected chi connectivity index (χ2v) is 12.0. The maximum atomic E-state index is 13.9. The van der Waals surface area contributed by atoms with E-state index >= 15 is 0 Å². The molecular formula is C27H39N5O8P+.